The molecular weight excluding hydrogens is 565 g/mol. The van der Waals surface area contributed by atoms with E-state index in [0.717, 1.165) is 31.7 Å². The second-order valence-electron chi connectivity index (χ2n) is 11.5. The highest BCUT2D eigenvalue weighted by molar-refractivity contribution is 5.98. The maximum absolute atomic E-state index is 15.5. The number of anilines is 2. The predicted octanol–water partition coefficient (Wildman–Crippen LogP) is 8.19. The number of amides is 2. The van der Waals surface area contributed by atoms with E-state index >= 15 is 4.39 Å². The van der Waals surface area contributed by atoms with Gasteiger partial charge in [-0.3, -0.25) is 9.59 Å². The van der Waals surface area contributed by atoms with Crippen LogP contribution in [0.15, 0.2) is 54.6 Å². The fourth-order valence-corrected chi connectivity index (χ4v) is 6.32. The van der Waals surface area contributed by atoms with Crippen LogP contribution in [0.25, 0.3) is 0 Å². The van der Waals surface area contributed by atoms with Gasteiger partial charge in [0.15, 0.2) is 0 Å². The van der Waals surface area contributed by atoms with Crippen molar-refractivity contribution in [2.45, 2.75) is 70.6 Å². The number of alkyl halides is 3. The van der Waals surface area contributed by atoms with Crippen molar-refractivity contribution in [1.29, 1.82) is 0 Å². The van der Waals surface area contributed by atoms with Crippen LogP contribution in [0.5, 0.6) is 0 Å². The highest BCUT2D eigenvalue weighted by atomic mass is 19.4. The van der Waals surface area contributed by atoms with Gasteiger partial charge in [0.25, 0.3) is 5.91 Å². The molecule has 228 valence electrons. The van der Waals surface area contributed by atoms with Gasteiger partial charge in [0.2, 0.25) is 5.91 Å². The highest BCUT2D eigenvalue weighted by Crippen LogP contribution is 2.40. The molecule has 2 N–H and O–H groups in total. The Labute approximate surface area is 247 Å². The van der Waals surface area contributed by atoms with Crippen molar-refractivity contribution in [2.75, 3.05) is 17.2 Å². The van der Waals surface area contributed by atoms with E-state index in [2.05, 4.69) is 10.6 Å². The Kier molecular flexibility index (Phi) is 8.76. The maximum atomic E-state index is 15.5. The number of carbonyl (C=O) groups excluding carboxylic acids is 2. The highest BCUT2D eigenvalue weighted by Gasteiger charge is 2.41. The Balaban J connectivity index is 1.51. The molecule has 0 bridgehead atoms. The van der Waals surface area contributed by atoms with Crippen LogP contribution in [0.1, 0.15) is 77.2 Å². The lowest BCUT2D eigenvalue weighted by Crippen LogP contribution is -2.46. The molecular formula is C33H34F5N3O2. The second kappa shape index (κ2) is 12.3. The Hall–Kier alpha value is -3.95. The van der Waals surface area contributed by atoms with Gasteiger partial charge in [-0.05, 0) is 86.6 Å². The molecule has 2 atom stereocenters. The van der Waals surface area contributed by atoms with Crippen molar-refractivity contribution in [1.82, 2.24) is 4.90 Å². The molecule has 0 aromatic heterocycles. The van der Waals surface area contributed by atoms with Gasteiger partial charge in [0.05, 0.1) is 28.8 Å². The Morgan fingerprint density at radius 2 is 1.60 bits per heavy atom. The first-order chi connectivity index (χ1) is 20.4. The minimum Gasteiger partial charge on any atom is -0.380 e. The molecule has 43 heavy (non-hydrogen) atoms. The zero-order chi connectivity index (χ0) is 30.9. The van der Waals surface area contributed by atoms with Crippen LogP contribution in [-0.4, -0.2) is 29.3 Å². The van der Waals surface area contributed by atoms with Crippen LogP contribution in [0.4, 0.5) is 33.3 Å². The number of halogens is 5. The van der Waals surface area contributed by atoms with Crippen molar-refractivity contribution in [3.63, 3.8) is 0 Å². The lowest BCUT2D eigenvalue weighted by Gasteiger charge is -2.41. The molecule has 2 amide bonds. The SMILES string of the molecule is Cc1ccc(NC(=O)C2CCCN(C(=O)c3c(C)cccc3F)[C@H]2c2ccc(NC3CCCC3)c(F)c2)cc1C(F)(F)F. The van der Waals surface area contributed by atoms with Crippen molar-refractivity contribution in [3.05, 3.63) is 94.0 Å². The zero-order valence-electron chi connectivity index (χ0n) is 24.0. The molecule has 3 aromatic rings. The summed E-state index contributed by atoms with van der Waals surface area (Å²) in [6.07, 6.45) is 0.0710. The van der Waals surface area contributed by atoms with E-state index in [-0.39, 0.29) is 35.8 Å². The number of hydrogen-bond acceptors (Lipinski definition) is 3. The molecule has 5 nitrogen and oxygen atoms in total. The van der Waals surface area contributed by atoms with Gasteiger partial charge >= 0.3 is 6.18 Å². The van der Waals surface area contributed by atoms with Crippen LogP contribution in [0.3, 0.4) is 0 Å². The number of likely N-dealkylation sites (tertiary alicyclic amines) is 1. The number of nitrogens with one attached hydrogen (secondary N) is 2. The lowest BCUT2D eigenvalue weighted by molar-refractivity contribution is -0.138. The number of piperidine rings is 1. The fraction of sp³-hybridized carbons (Fsp3) is 0.394. The van der Waals surface area contributed by atoms with Gasteiger partial charge < -0.3 is 15.5 Å². The van der Waals surface area contributed by atoms with Crippen LogP contribution < -0.4 is 10.6 Å². The van der Waals surface area contributed by atoms with E-state index in [4.69, 9.17) is 0 Å². The van der Waals surface area contributed by atoms with E-state index in [1.54, 1.807) is 25.1 Å². The molecule has 10 heteroatoms. The van der Waals surface area contributed by atoms with Gasteiger partial charge in [0, 0.05) is 18.3 Å². The Bertz CT molecular complexity index is 1500. The van der Waals surface area contributed by atoms with E-state index in [1.807, 2.05) is 0 Å². The summed E-state index contributed by atoms with van der Waals surface area (Å²) in [7, 11) is 0. The first-order valence-electron chi connectivity index (χ1n) is 14.5. The van der Waals surface area contributed by atoms with E-state index < -0.39 is 47.1 Å². The molecule has 5 rings (SSSR count). The monoisotopic (exact) mass is 599 g/mol. The number of rotatable bonds is 6. The van der Waals surface area contributed by atoms with Crippen molar-refractivity contribution in [3.8, 4) is 0 Å². The third-order valence-electron chi connectivity index (χ3n) is 8.52. The normalized spacial score (nSPS) is 19.4. The first kappa shape index (κ1) is 30.5. The number of hydrogen-bond donors (Lipinski definition) is 2. The second-order valence-corrected chi connectivity index (χ2v) is 11.5. The standard InChI is InChI=1S/C33H34F5N3O2/c1-19-12-14-23(18-25(19)33(36,37)38)40-31(42)24-10-6-16-41(32(43)29-20(2)7-5-11-26(29)34)30(24)21-13-15-28(27(35)17-21)39-22-8-3-4-9-22/h5,7,11-15,17-18,22,24,30,39H,3-4,6,8-10,16H2,1-2H3,(H,40,42)/t24?,30-/m0/s1. The summed E-state index contributed by atoms with van der Waals surface area (Å²) in [6, 6.07) is 11.5. The molecule has 0 spiro atoms. The van der Waals surface area contributed by atoms with Crippen molar-refractivity contribution >= 4 is 23.2 Å². The van der Waals surface area contributed by atoms with Crippen molar-refractivity contribution < 1.29 is 31.5 Å². The van der Waals surface area contributed by atoms with Crippen LogP contribution in [0.2, 0.25) is 0 Å². The lowest BCUT2D eigenvalue weighted by atomic mass is 9.83. The minimum absolute atomic E-state index is 0.0137. The maximum Gasteiger partial charge on any atom is 0.416 e. The third kappa shape index (κ3) is 6.53. The van der Waals surface area contributed by atoms with Gasteiger partial charge in [-0.2, -0.15) is 13.2 Å². The molecule has 0 radical (unpaired) electrons. The van der Waals surface area contributed by atoms with Gasteiger partial charge in [-0.1, -0.05) is 37.1 Å². The summed E-state index contributed by atoms with van der Waals surface area (Å²) in [6.45, 7) is 3.13. The van der Waals surface area contributed by atoms with E-state index in [0.29, 0.717) is 23.2 Å². The molecule has 1 saturated heterocycles. The quantitative estimate of drug-likeness (QED) is 0.281. The third-order valence-corrected chi connectivity index (χ3v) is 8.52. The van der Waals surface area contributed by atoms with E-state index in [1.165, 1.54) is 42.2 Å². The summed E-state index contributed by atoms with van der Waals surface area (Å²) in [5.41, 5.74) is 0.0343. The van der Waals surface area contributed by atoms with Gasteiger partial charge in [-0.15, -0.1) is 0 Å². The predicted molar refractivity (Wildman–Crippen MR) is 155 cm³/mol. The minimum atomic E-state index is -4.61. The largest absolute Gasteiger partial charge is 0.416 e. The van der Waals surface area contributed by atoms with Gasteiger partial charge in [0.1, 0.15) is 11.6 Å². The zero-order valence-corrected chi connectivity index (χ0v) is 24.0. The van der Waals surface area contributed by atoms with Crippen LogP contribution in [-0.2, 0) is 11.0 Å². The Morgan fingerprint density at radius 1 is 0.860 bits per heavy atom. The number of carbonyl (C=O) groups is 2. The molecule has 2 fully saturated rings. The average molecular weight is 600 g/mol. The van der Waals surface area contributed by atoms with Crippen molar-refractivity contribution in [2.24, 2.45) is 5.92 Å². The average Bonchev–Trinajstić information content (AvgIpc) is 3.47. The molecule has 1 saturated carbocycles. The molecule has 1 unspecified atom stereocenters. The first-order valence-corrected chi connectivity index (χ1v) is 14.5. The summed E-state index contributed by atoms with van der Waals surface area (Å²) in [5, 5.41) is 5.82. The van der Waals surface area contributed by atoms with Crippen LogP contribution in [0, 0.1) is 31.4 Å². The summed E-state index contributed by atoms with van der Waals surface area (Å²) < 4.78 is 71.0. The fourth-order valence-electron chi connectivity index (χ4n) is 6.32. The molecule has 1 aliphatic heterocycles. The molecule has 3 aromatic carbocycles. The summed E-state index contributed by atoms with van der Waals surface area (Å²) in [5.74, 6) is -3.44. The molecule has 1 heterocycles. The topological polar surface area (TPSA) is 61.4 Å². The molecule has 2 aliphatic rings. The summed E-state index contributed by atoms with van der Waals surface area (Å²) in [4.78, 5) is 28.9. The Morgan fingerprint density at radius 3 is 2.28 bits per heavy atom. The van der Waals surface area contributed by atoms with Crippen LogP contribution >= 0.6 is 0 Å². The number of nitrogens with zero attached hydrogens (tertiary/aromatic N) is 1. The smallest absolute Gasteiger partial charge is 0.380 e. The number of benzene rings is 3. The van der Waals surface area contributed by atoms with E-state index in [9.17, 15) is 27.2 Å². The summed E-state index contributed by atoms with van der Waals surface area (Å²) >= 11 is 0. The number of aryl methyl sites for hydroxylation is 2. The molecule has 1 aliphatic carbocycles. The van der Waals surface area contributed by atoms with Gasteiger partial charge in [-0.25, -0.2) is 8.78 Å².